The molecule has 2 aliphatic rings. The van der Waals surface area contributed by atoms with Crippen LogP contribution >= 0.6 is 11.8 Å². The molecule has 3 aromatic rings. The lowest BCUT2D eigenvalue weighted by Crippen LogP contribution is -3.00. The smallest absolute Gasteiger partial charge is 0.408 e. The van der Waals surface area contributed by atoms with Crippen molar-refractivity contribution < 1.29 is 52.5 Å². The molecule has 216 valence electrons. The number of hydrogen-bond acceptors (Lipinski definition) is 6. The highest BCUT2D eigenvalue weighted by Crippen LogP contribution is 2.42. The van der Waals surface area contributed by atoms with Crippen molar-refractivity contribution in [1.82, 2.24) is 14.9 Å². The second-order valence-corrected chi connectivity index (χ2v) is 11.9. The lowest BCUT2D eigenvalue weighted by atomic mass is 10.0. The number of nitrogens with zero attached hydrogens (tertiary/aromatic N) is 3. The molecule has 0 bridgehead atoms. The second-order valence-electron chi connectivity index (χ2n) is 10.8. The average Bonchev–Trinajstić information content (AvgIpc) is 3.34. The van der Waals surface area contributed by atoms with Gasteiger partial charge in [0, 0.05) is 11.8 Å². The number of aryl methyl sites for hydroxylation is 1. The van der Waals surface area contributed by atoms with Crippen LogP contribution in [0.2, 0.25) is 0 Å². The van der Waals surface area contributed by atoms with E-state index in [1.807, 2.05) is 95.5 Å². The number of halogens is 1. The summed E-state index contributed by atoms with van der Waals surface area (Å²) in [6.07, 6.45) is 2.49. The number of ether oxygens (including phenoxy) is 2. The van der Waals surface area contributed by atoms with E-state index < -0.39 is 35.2 Å². The summed E-state index contributed by atoms with van der Waals surface area (Å²) in [4.78, 5) is 41.4. The van der Waals surface area contributed by atoms with E-state index in [4.69, 9.17) is 9.47 Å². The van der Waals surface area contributed by atoms with Crippen LogP contribution in [0.4, 0.5) is 4.79 Å². The number of alkyl carbamates (subject to hydrolysis) is 1. The number of esters is 1. The van der Waals surface area contributed by atoms with Crippen LogP contribution in [0.1, 0.15) is 38.0 Å². The Morgan fingerprint density at radius 3 is 2.20 bits per heavy atom. The van der Waals surface area contributed by atoms with Crippen LogP contribution < -0.4 is 34.0 Å². The summed E-state index contributed by atoms with van der Waals surface area (Å²) in [5.41, 5.74) is 1.93. The van der Waals surface area contributed by atoms with Crippen molar-refractivity contribution in [1.29, 1.82) is 0 Å². The summed E-state index contributed by atoms with van der Waals surface area (Å²) < 4.78 is 15.4. The van der Waals surface area contributed by atoms with Crippen molar-refractivity contribution >= 4 is 29.7 Å². The zero-order valence-electron chi connectivity index (χ0n) is 23.3. The highest BCUT2D eigenvalue weighted by molar-refractivity contribution is 8.00. The summed E-state index contributed by atoms with van der Waals surface area (Å²) >= 11 is 1.50. The van der Waals surface area contributed by atoms with E-state index in [1.54, 1.807) is 20.8 Å². The molecule has 0 radical (unpaired) electrons. The lowest BCUT2D eigenvalue weighted by molar-refractivity contribution is -0.752. The minimum absolute atomic E-state index is 0. The number of β-lactam (4-membered cyclic amide) rings is 1. The third kappa shape index (κ3) is 6.78. The lowest BCUT2D eigenvalue weighted by Gasteiger charge is -2.49. The molecule has 2 aromatic carbocycles. The molecule has 11 heteroatoms. The van der Waals surface area contributed by atoms with Gasteiger partial charge in [0.25, 0.3) is 5.91 Å². The fourth-order valence-corrected chi connectivity index (χ4v) is 6.12. The molecule has 0 unspecified atom stereocenters. The standard InChI is InChI=1S/C30H32N4O5S.HI/c1-30(2,3)39-29(37)31-23-26(35)34-24(22(19-40-27(23)34)18-33-17-11-16-32(33)4)28(36)38-25(20-12-7-5-8-13-20)21-14-9-6-10-15-21;/h5-17,23,25,27H,18-19H2,1-4H3;1H/t23-,27-;/m1./s1. The van der Waals surface area contributed by atoms with E-state index in [1.165, 1.54) is 16.7 Å². The van der Waals surface area contributed by atoms with Crippen molar-refractivity contribution in [2.45, 2.75) is 50.4 Å². The van der Waals surface area contributed by atoms with Gasteiger partial charge in [-0.25, -0.2) is 9.59 Å². The van der Waals surface area contributed by atoms with E-state index in [2.05, 4.69) is 5.32 Å². The molecular formula is C30H33IN4O5S. The number of carbonyl (C=O) groups excluding carboxylic acids is 3. The third-order valence-corrected chi connectivity index (χ3v) is 8.00. The first kappa shape index (κ1) is 30.6. The number of nitrogens with one attached hydrogen (secondary N) is 1. The molecular weight excluding hydrogens is 655 g/mol. The molecule has 2 aliphatic heterocycles. The predicted molar refractivity (Wildman–Crippen MR) is 150 cm³/mol. The minimum Gasteiger partial charge on any atom is -1.00 e. The quantitative estimate of drug-likeness (QED) is 0.170. The van der Waals surface area contributed by atoms with Crippen molar-refractivity contribution in [3.05, 3.63) is 102 Å². The van der Waals surface area contributed by atoms with Gasteiger partial charge in [-0.05, 0) is 37.5 Å². The van der Waals surface area contributed by atoms with Crippen molar-refractivity contribution in [2.24, 2.45) is 7.05 Å². The number of thioether (sulfide) groups is 1. The highest BCUT2D eigenvalue weighted by Gasteiger charge is 2.55. The SMILES string of the molecule is C[n+]1cccn1CC1=C(C(=O)OC(c2ccccc2)c2ccccc2)N2C(=O)[C@@H](NC(=O)OC(C)(C)C)[C@H]2SC1.[I-]. The number of amides is 2. The molecule has 0 saturated carbocycles. The number of benzene rings is 2. The Morgan fingerprint density at radius 2 is 1.66 bits per heavy atom. The first-order valence-electron chi connectivity index (χ1n) is 13.1. The van der Waals surface area contributed by atoms with Gasteiger partial charge in [-0.3, -0.25) is 9.69 Å². The molecule has 0 spiro atoms. The van der Waals surface area contributed by atoms with E-state index in [-0.39, 0.29) is 35.6 Å². The van der Waals surface area contributed by atoms with Gasteiger partial charge in [-0.1, -0.05) is 60.7 Å². The monoisotopic (exact) mass is 688 g/mol. The van der Waals surface area contributed by atoms with Gasteiger partial charge in [-0.2, -0.15) is 4.68 Å². The van der Waals surface area contributed by atoms with E-state index >= 15 is 0 Å². The minimum atomic E-state index is -0.800. The molecule has 1 aromatic heterocycles. The van der Waals surface area contributed by atoms with E-state index in [0.29, 0.717) is 12.3 Å². The highest BCUT2D eigenvalue weighted by atomic mass is 127. The van der Waals surface area contributed by atoms with E-state index in [0.717, 1.165) is 16.7 Å². The largest absolute Gasteiger partial charge is 1.00 e. The van der Waals surface area contributed by atoms with Gasteiger partial charge in [0.05, 0.1) is 6.20 Å². The first-order valence-corrected chi connectivity index (χ1v) is 14.2. The van der Waals surface area contributed by atoms with Gasteiger partial charge in [-0.15, -0.1) is 16.4 Å². The molecule has 1 saturated heterocycles. The van der Waals surface area contributed by atoms with Crippen LogP contribution in [0.5, 0.6) is 0 Å². The summed E-state index contributed by atoms with van der Waals surface area (Å²) in [6.45, 7) is 5.69. The molecule has 1 fully saturated rings. The maximum Gasteiger partial charge on any atom is 0.408 e. The van der Waals surface area contributed by atoms with Gasteiger partial charge in [0.1, 0.15) is 29.3 Å². The zero-order valence-corrected chi connectivity index (χ0v) is 26.3. The summed E-state index contributed by atoms with van der Waals surface area (Å²) in [6, 6.07) is 20.2. The topological polar surface area (TPSA) is 93.8 Å². The molecule has 3 heterocycles. The van der Waals surface area contributed by atoms with Crippen molar-refractivity contribution in [2.75, 3.05) is 5.75 Å². The fourth-order valence-electron chi connectivity index (χ4n) is 4.79. The number of carbonyl (C=O) groups is 3. The van der Waals surface area contributed by atoms with Crippen LogP contribution in [-0.4, -0.2) is 50.3 Å². The number of hydrogen-bond donors (Lipinski definition) is 1. The Balaban J connectivity index is 0.00000387. The normalized spacial score (nSPS) is 18.3. The maximum absolute atomic E-state index is 14.0. The summed E-state index contributed by atoms with van der Waals surface area (Å²) in [7, 11) is 1.91. The van der Waals surface area contributed by atoms with Gasteiger partial charge in [0.15, 0.2) is 19.3 Å². The summed E-state index contributed by atoms with van der Waals surface area (Å²) in [5.74, 6) is -0.470. The molecule has 5 rings (SSSR count). The first-order chi connectivity index (χ1) is 19.1. The van der Waals surface area contributed by atoms with Crippen LogP contribution in [0.25, 0.3) is 0 Å². The van der Waals surface area contributed by atoms with Gasteiger partial charge in [0.2, 0.25) is 0 Å². The van der Waals surface area contributed by atoms with Crippen LogP contribution in [0.15, 0.2) is 90.4 Å². The Labute approximate surface area is 260 Å². The summed E-state index contributed by atoms with van der Waals surface area (Å²) in [5, 5.41) is 2.24. The fraction of sp³-hybridized carbons (Fsp3) is 0.333. The van der Waals surface area contributed by atoms with Crippen LogP contribution in [0, 0.1) is 0 Å². The van der Waals surface area contributed by atoms with Crippen molar-refractivity contribution in [3.8, 4) is 0 Å². The molecule has 1 N–H and O–H groups in total. The maximum atomic E-state index is 14.0. The second kappa shape index (κ2) is 12.7. The van der Waals surface area contributed by atoms with E-state index in [9.17, 15) is 14.4 Å². The predicted octanol–water partition coefficient (Wildman–Crippen LogP) is 0.712. The Morgan fingerprint density at radius 1 is 1.05 bits per heavy atom. The molecule has 2 amide bonds. The average molecular weight is 689 g/mol. The number of fused-ring (bicyclic) bond motifs is 1. The molecule has 9 nitrogen and oxygen atoms in total. The van der Waals surface area contributed by atoms with Crippen LogP contribution in [-0.2, 0) is 32.7 Å². The number of aromatic nitrogens is 2. The molecule has 0 aliphatic carbocycles. The van der Waals surface area contributed by atoms with Gasteiger partial charge >= 0.3 is 12.1 Å². The zero-order chi connectivity index (χ0) is 28.4. The number of rotatable bonds is 7. The Bertz CT molecular complexity index is 1400. The third-order valence-electron chi connectivity index (χ3n) is 6.66. The van der Waals surface area contributed by atoms with Gasteiger partial charge < -0.3 is 38.8 Å². The molecule has 41 heavy (non-hydrogen) atoms. The Kier molecular flexibility index (Phi) is 9.48. The Hall–Kier alpha value is -3.32. The van der Waals surface area contributed by atoms with Crippen molar-refractivity contribution in [3.63, 3.8) is 0 Å². The van der Waals surface area contributed by atoms with Crippen LogP contribution in [0.3, 0.4) is 0 Å². The molecule has 2 atom stereocenters.